The first-order chi connectivity index (χ1) is 9.56. The summed E-state index contributed by atoms with van der Waals surface area (Å²) in [4.78, 5) is 11.9. The molecule has 0 fully saturated rings. The summed E-state index contributed by atoms with van der Waals surface area (Å²) in [6.07, 6.45) is 1.18. The van der Waals surface area contributed by atoms with Crippen LogP contribution in [0.5, 0.6) is 0 Å². The van der Waals surface area contributed by atoms with Crippen LogP contribution in [0.4, 0.5) is 5.69 Å². The number of hydrogen-bond acceptors (Lipinski definition) is 3. The number of methoxy groups -OCH3 is 1. The smallest absolute Gasteiger partial charge is 0.224 e. The molecule has 1 aromatic rings. The summed E-state index contributed by atoms with van der Waals surface area (Å²) in [6.45, 7) is 3.69. The second kappa shape index (κ2) is 8.36. The maximum Gasteiger partial charge on any atom is 0.224 e. The lowest BCUT2D eigenvalue weighted by molar-refractivity contribution is -0.116. The molecule has 4 nitrogen and oxygen atoms in total. The molecule has 20 heavy (non-hydrogen) atoms. The third-order valence-electron chi connectivity index (χ3n) is 3.00. The molecule has 0 spiro atoms. The van der Waals surface area contributed by atoms with Crippen molar-refractivity contribution in [3.63, 3.8) is 0 Å². The molecule has 1 amide bonds. The van der Waals surface area contributed by atoms with Gasteiger partial charge in [-0.3, -0.25) is 4.79 Å². The third-order valence-corrected chi connectivity index (χ3v) is 3.00. The maximum absolute atomic E-state index is 11.9. The van der Waals surface area contributed by atoms with Gasteiger partial charge in [-0.1, -0.05) is 17.9 Å². The van der Waals surface area contributed by atoms with Crippen molar-refractivity contribution in [2.45, 2.75) is 32.8 Å². The predicted molar refractivity (Wildman–Crippen MR) is 79.5 cm³/mol. The molecule has 1 aromatic carbocycles. The Labute approximate surface area is 120 Å². The highest BCUT2D eigenvalue weighted by Crippen LogP contribution is 2.17. The van der Waals surface area contributed by atoms with Crippen LogP contribution < -0.4 is 5.32 Å². The minimum atomic E-state index is -0.176. The number of aliphatic hydroxyl groups is 1. The monoisotopic (exact) mass is 275 g/mol. The van der Waals surface area contributed by atoms with Crippen molar-refractivity contribution in [2.75, 3.05) is 19.0 Å². The minimum Gasteiger partial charge on any atom is -0.384 e. The normalized spacial score (nSPS) is 11.4. The van der Waals surface area contributed by atoms with Crippen LogP contribution in [0, 0.1) is 18.8 Å². The summed E-state index contributed by atoms with van der Waals surface area (Å²) in [7, 11) is 1.63. The van der Waals surface area contributed by atoms with Gasteiger partial charge < -0.3 is 15.2 Å². The van der Waals surface area contributed by atoms with E-state index in [9.17, 15) is 4.79 Å². The van der Waals surface area contributed by atoms with E-state index in [0.29, 0.717) is 12.8 Å². The van der Waals surface area contributed by atoms with Gasteiger partial charge in [0.15, 0.2) is 0 Å². The average Bonchev–Trinajstić information content (AvgIpc) is 2.45. The molecule has 1 atom stereocenters. The van der Waals surface area contributed by atoms with Crippen molar-refractivity contribution in [3.05, 3.63) is 29.3 Å². The van der Waals surface area contributed by atoms with E-state index in [4.69, 9.17) is 9.84 Å². The van der Waals surface area contributed by atoms with Crippen molar-refractivity contribution in [1.82, 2.24) is 0 Å². The second-order valence-electron chi connectivity index (χ2n) is 4.62. The number of benzene rings is 1. The Balaban J connectivity index is 2.68. The fourth-order valence-corrected chi connectivity index (χ4v) is 1.64. The highest BCUT2D eigenvalue weighted by molar-refractivity contribution is 5.91. The molecule has 0 heterocycles. The standard InChI is InChI=1S/C16H21NO3/c1-12-6-8-14(5-4-10-18)11-15(12)17-16(19)9-7-13(2)20-3/h6,8,11,13,18H,7,9-10H2,1-3H3,(H,17,19). The van der Waals surface area contributed by atoms with Crippen molar-refractivity contribution < 1.29 is 14.6 Å². The van der Waals surface area contributed by atoms with E-state index in [2.05, 4.69) is 17.2 Å². The molecule has 0 saturated heterocycles. The van der Waals surface area contributed by atoms with Gasteiger partial charge in [0.05, 0.1) is 6.10 Å². The number of nitrogens with one attached hydrogen (secondary N) is 1. The van der Waals surface area contributed by atoms with Gasteiger partial charge in [0.25, 0.3) is 0 Å². The van der Waals surface area contributed by atoms with Gasteiger partial charge >= 0.3 is 0 Å². The summed E-state index contributed by atoms with van der Waals surface area (Å²) in [5.41, 5.74) is 2.50. The highest BCUT2D eigenvalue weighted by Gasteiger charge is 2.08. The summed E-state index contributed by atoms with van der Waals surface area (Å²) < 4.78 is 5.12. The number of aliphatic hydroxyl groups excluding tert-OH is 1. The van der Waals surface area contributed by atoms with E-state index in [0.717, 1.165) is 16.8 Å². The molecule has 0 aliphatic carbocycles. The van der Waals surface area contributed by atoms with E-state index in [1.54, 1.807) is 7.11 Å². The Hall–Kier alpha value is -1.83. The van der Waals surface area contributed by atoms with Crippen LogP contribution in [-0.2, 0) is 9.53 Å². The van der Waals surface area contributed by atoms with Gasteiger partial charge in [-0.2, -0.15) is 0 Å². The van der Waals surface area contributed by atoms with Crippen LogP contribution in [0.25, 0.3) is 0 Å². The molecule has 0 aliphatic rings. The molecule has 0 aromatic heterocycles. The lowest BCUT2D eigenvalue weighted by Gasteiger charge is -2.11. The average molecular weight is 275 g/mol. The number of hydrogen-bond donors (Lipinski definition) is 2. The van der Waals surface area contributed by atoms with Gasteiger partial charge in [-0.05, 0) is 38.0 Å². The first-order valence-electron chi connectivity index (χ1n) is 6.60. The van der Waals surface area contributed by atoms with Crippen molar-refractivity contribution in [3.8, 4) is 11.8 Å². The topological polar surface area (TPSA) is 58.6 Å². The Kier molecular flexibility index (Phi) is 6.78. The van der Waals surface area contributed by atoms with Crippen LogP contribution in [0.15, 0.2) is 18.2 Å². The Bertz CT molecular complexity index is 514. The van der Waals surface area contributed by atoms with Gasteiger partial charge in [0, 0.05) is 24.8 Å². The van der Waals surface area contributed by atoms with Gasteiger partial charge in [-0.25, -0.2) is 0 Å². The molecule has 0 bridgehead atoms. The first-order valence-corrected chi connectivity index (χ1v) is 6.60. The minimum absolute atomic E-state index is 0.0377. The second-order valence-corrected chi connectivity index (χ2v) is 4.62. The molecule has 1 rings (SSSR count). The van der Waals surface area contributed by atoms with Gasteiger partial charge in [-0.15, -0.1) is 0 Å². The number of amides is 1. The van der Waals surface area contributed by atoms with E-state index in [-0.39, 0.29) is 18.6 Å². The van der Waals surface area contributed by atoms with Gasteiger partial charge in [0.1, 0.15) is 6.61 Å². The Morgan fingerprint density at radius 3 is 2.90 bits per heavy atom. The number of rotatable bonds is 5. The van der Waals surface area contributed by atoms with Crippen LogP contribution in [0.3, 0.4) is 0 Å². The fraction of sp³-hybridized carbons (Fsp3) is 0.438. The lowest BCUT2D eigenvalue weighted by Crippen LogP contribution is -2.15. The molecule has 4 heteroatoms. The zero-order chi connectivity index (χ0) is 15.0. The predicted octanol–water partition coefficient (Wildman–Crippen LogP) is 2.09. The number of anilines is 1. The first kappa shape index (κ1) is 16.2. The Morgan fingerprint density at radius 1 is 1.50 bits per heavy atom. The van der Waals surface area contributed by atoms with Crippen molar-refractivity contribution >= 4 is 11.6 Å². The zero-order valence-corrected chi connectivity index (χ0v) is 12.2. The SMILES string of the molecule is COC(C)CCC(=O)Nc1cc(C#CCO)ccc1C. The van der Waals surface area contributed by atoms with Crippen LogP contribution in [0.2, 0.25) is 0 Å². The third kappa shape index (κ3) is 5.43. The molecule has 2 N–H and O–H groups in total. The zero-order valence-electron chi connectivity index (χ0n) is 12.2. The van der Waals surface area contributed by atoms with Crippen molar-refractivity contribution in [1.29, 1.82) is 0 Å². The molecule has 1 unspecified atom stereocenters. The summed E-state index contributed by atoms with van der Waals surface area (Å²) in [5.74, 6) is 5.37. The van der Waals surface area contributed by atoms with E-state index < -0.39 is 0 Å². The largest absolute Gasteiger partial charge is 0.384 e. The Morgan fingerprint density at radius 2 is 2.25 bits per heavy atom. The molecule has 108 valence electrons. The summed E-state index contributed by atoms with van der Waals surface area (Å²) >= 11 is 0. The number of ether oxygens (including phenoxy) is 1. The highest BCUT2D eigenvalue weighted by atomic mass is 16.5. The quantitative estimate of drug-likeness (QED) is 0.809. The molecule has 0 saturated carbocycles. The fourth-order valence-electron chi connectivity index (χ4n) is 1.64. The van der Waals surface area contributed by atoms with Crippen LogP contribution >= 0.6 is 0 Å². The molecule has 0 radical (unpaired) electrons. The number of carbonyl (C=O) groups excluding carboxylic acids is 1. The molecular formula is C16H21NO3. The summed E-state index contributed by atoms with van der Waals surface area (Å²) in [6, 6.07) is 5.57. The van der Waals surface area contributed by atoms with E-state index >= 15 is 0 Å². The van der Waals surface area contributed by atoms with Crippen molar-refractivity contribution in [2.24, 2.45) is 0 Å². The summed E-state index contributed by atoms with van der Waals surface area (Å²) in [5, 5.41) is 11.6. The number of aryl methyl sites for hydroxylation is 1. The maximum atomic E-state index is 11.9. The van der Waals surface area contributed by atoms with Crippen LogP contribution in [0.1, 0.15) is 30.9 Å². The van der Waals surface area contributed by atoms with Gasteiger partial charge in [0.2, 0.25) is 5.91 Å². The van der Waals surface area contributed by atoms with Crippen LogP contribution in [-0.4, -0.2) is 30.8 Å². The van der Waals surface area contributed by atoms with E-state index in [1.807, 2.05) is 32.0 Å². The number of carbonyl (C=O) groups is 1. The molecular weight excluding hydrogens is 254 g/mol. The van der Waals surface area contributed by atoms with E-state index in [1.165, 1.54) is 0 Å². The molecule has 0 aliphatic heterocycles. The lowest BCUT2D eigenvalue weighted by atomic mass is 10.1.